The van der Waals surface area contributed by atoms with Crippen molar-refractivity contribution in [2.75, 3.05) is 11.9 Å². The van der Waals surface area contributed by atoms with E-state index in [1.54, 1.807) is 6.20 Å². The molecule has 1 aliphatic rings. The molecule has 0 atom stereocenters. The highest BCUT2D eigenvalue weighted by molar-refractivity contribution is 9.10. The second-order valence-corrected chi connectivity index (χ2v) is 4.70. The molecule has 3 rings (SSSR count). The Bertz CT molecular complexity index is 503. The standard InChI is InChI=1S/C10H11BrN4/c1-14(7-2-3-7)10-9-12-4-5-15(9)6-8(11)13-10/h4-7H,2-3H2,1H3. The number of anilines is 1. The van der Waals surface area contributed by atoms with Gasteiger partial charge in [-0.15, -0.1) is 0 Å². The molecular formula is C10H11BrN4. The number of nitrogens with zero attached hydrogens (tertiary/aromatic N) is 4. The fourth-order valence-electron chi connectivity index (χ4n) is 1.76. The van der Waals surface area contributed by atoms with Gasteiger partial charge < -0.3 is 9.30 Å². The minimum Gasteiger partial charge on any atom is -0.354 e. The Hall–Kier alpha value is -1.10. The van der Waals surface area contributed by atoms with E-state index in [0.29, 0.717) is 6.04 Å². The minimum absolute atomic E-state index is 0.646. The van der Waals surface area contributed by atoms with E-state index in [-0.39, 0.29) is 0 Å². The molecule has 0 spiro atoms. The average Bonchev–Trinajstić information content (AvgIpc) is 2.96. The molecular weight excluding hydrogens is 256 g/mol. The third-order valence-corrected chi connectivity index (χ3v) is 3.14. The molecule has 0 bridgehead atoms. The Morgan fingerprint density at radius 2 is 2.33 bits per heavy atom. The molecule has 0 amide bonds. The van der Waals surface area contributed by atoms with Crippen LogP contribution in [-0.2, 0) is 0 Å². The van der Waals surface area contributed by atoms with Gasteiger partial charge in [0.15, 0.2) is 11.5 Å². The number of fused-ring (bicyclic) bond motifs is 1. The third kappa shape index (κ3) is 1.51. The largest absolute Gasteiger partial charge is 0.354 e. The number of rotatable bonds is 2. The topological polar surface area (TPSA) is 33.4 Å². The molecule has 0 N–H and O–H groups in total. The molecule has 0 aromatic carbocycles. The first-order valence-corrected chi connectivity index (χ1v) is 5.77. The Morgan fingerprint density at radius 1 is 1.53 bits per heavy atom. The number of imidazole rings is 1. The van der Waals surface area contributed by atoms with E-state index in [1.807, 2.05) is 16.8 Å². The second kappa shape index (κ2) is 3.20. The quantitative estimate of drug-likeness (QED) is 0.835. The molecule has 5 heteroatoms. The SMILES string of the molecule is CN(c1nc(Br)cn2ccnc12)C1CC1. The molecule has 2 aromatic rings. The molecule has 2 aromatic heterocycles. The van der Waals surface area contributed by atoms with Gasteiger partial charge in [0.1, 0.15) is 4.60 Å². The van der Waals surface area contributed by atoms with Crippen molar-refractivity contribution >= 4 is 27.4 Å². The van der Waals surface area contributed by atoms with Gasteiger partial charge in [0.25, 0.3) is 0 Å². The van der Waals surface area contributed by atoms with E-state index in [9.17, 15) is 0 Å². The van der Waals surface area contributed by atoms with Crippen molar-refractivity contribution in [2.45, 2.75) is 18.9 Å². The average molecular weight is 267 g/mol. The van der Waals surface area contributed by atoms with Crippen LogP contribution in [0.25, 0.3) is 5.65 Å². The van der Waals surface area contributed by atoms with Gasteiger partial charge in [0.2, 0.25) is 0 Å². The molecule has 0 saturated heterocycles. The van der Waals surface area contributed by atoms with E-state index in [1.165, 1.54) is 12.8 Å². The third-order valence-electron chi connectivity index (χ3n) is 2.76. The van der Waals surface area contributed by atoms with E-state index < -0.39 is 0 Å². The molecule has 0 unspecified atom stereocenters. The van der Waals surface area contributed by atoms with Gasteiger partial charge in [-0.25, -0.2) is 9.97 Å². The zero-order valence-corrected chi connectivity index (χ0v) is 9.98. The van der Waals surface area contributed by atoms with Gasteiger partial charge in [-0.3, -0.25) is 0 Å². The maximum Gasteiger partial charge on any atom is 0.180 e. The summed E-state index contributed by atoms with van der Waals surface area (Å²) in [6.45, 7) is 0. The van der Waals surface area contributed by atoms with Crippen molar-refractivity contribution in [3.63, 3.8) is 0 Å². The molecule has 4 nitrogen and oxygen atoms in total. The van der Waals surface area contributed by atoms with Crippen molar-refractivity contribution in [1.29, 1.82) is 0 Å². The lowest BCUT2D eigenvalue weighted by molar-refractivity contribution is 0.882. The highest BCUT2D eigenvalue weighted by atomic mass is 79.9. The fourth-order valence-corrected chi connectivity index (χ4v) is 2.15. The van der Waals surface area contributed by atoms with Crippen LogP contribution in [0.2, 0.25) is 0 Å². The second-order valence-electron chi connectivity index (χ2n) is 3.89. The molecule has 0 radical (unpaired) electrons. The zero-order chi connectivity index (χ0) is 10.4. The monoisotopic (exact) mass is 266 g/mol. The Morgan fingerprint density at radius 3 is 3.07 bits per heavy atom. The van der Waals surface area contributed by atoms with Crippen LogP contribution >= 0.6 is 15.9 Å². The van der Waals surface area contributed by atoms with Crippen molar-refractivity contribution in [1.82, 2.24) is 14.4 Å². The van der Waals surface area contributed by atoms with Gasteiger partial charge in [-0.1, -0.05) is 0 Å². The van der Waals surface area contributed by atoms with Crippen LogP contribution in [0.1, 0.15) is 12.8 Å². The summed E-state index contributed by atoms with van der Waals surface area (Å²) in [5.74, 6) is 0.955. The van der Waals surface area contributed by atoms with Gasteiger partial charge in [-0.05, 0) is 28.8 Å². The number of hydrogen-bond acceptors (Lipinski definition) is 3. The molecule has 1 aliphatic carbocycles. The Balaban J connectivity index is 2.18. The lowest BCUT2D eigenvalue weighted by atomic mass is 10.5. The van der Waals surface area contributed by atoms with Crippen LogP contribution in [0.4, 0.5) is 5.82 Å². The molecule has 1 saturated carbocycles. The predicted molar refractivity (Wildman–Crippen MR) is 62.1 cm³/mol. The maximum atomic E-state index is 4.49. The summed E-state index contributed by atoms with van der Waals surface area (Å²) in [5, 5.41) is 0. The molecule has 1 fully saturated rings. The van der Waals surface area contributed by atoms with Crippen molar-refractivity contribution in [3.8, 4) is 0 Å². The van der Waals surface area contributed by atoms with E-state index in [2.05, 4.69) is 37.8 Å². The zero-order valence-electron chi connectivity index (χ0n) is 8.39. The van der Waals surface area contributed by atoms with E-state index in [0.717, 1.165) is 16.1 Å². The van der Waals surface area contributed by atoms with Gasteiger partial charge in [-0.2, -0.15) is 0 Å². The van der Waals surface area contributed by atoms with E-state index >= 15 is 0 Å². The summed E-state index contributed by atoms with van der Waals surface area (Å²) in [4.78, 5) is 11.0. The van der Waals surface area contributed by atoms with Crippen LogP contribution in [0, 0.1) is 0 Å². The van der Waals surface area contributed by atoms with Crippen molar-refractivity contribution in [2.24, 2.45) is 0 Å². The summed E-state index contributed by atoms with van der Waals surface area (Å²) in [6.07, 6.45) is 8.18. The number of halogens is 1. The maximum absolute atomic E-state index is 4.49. The first-order chi connectivity index (χ1) is 7.25. The Kier molecular flexibility index (Phi) is 1.95. The van der Waals surface area contributed by atoms with Crippen LogP contribution in [0.15, 0.2) is 23.2 Å². The molecule has 78 valence electrons. The Labute approximate surface area is 96.1 Å². The summed E-state index contributed by atoms with van der Waals surface area (Å²) in [5.41, 5.74) is 0.924. The molecule has 15 heavy (non-hydrogen) atoms. The normalized spacial score (nSPS) is 15.9. The lowest BCUT2D eigenvalue weighted by Gasteiger charge is -2.17. The molecule has 0 aliphatic heterocycles. The first-order valence-electron chi connectivity index (χ1n) is 4.98. The van der Waals surface area contributed by atoms with Gasteiger partial charge in [0.05, 0.1) is 0 Å². The summed E-state index contributed by atoms with van der Waals surface area (Å²) in [6, 6.07) is 0.646. The highest BCUT2D eigenvalue weighted by Gasteiger charge is 2.28. The summed E-state index contributed by atoms with van der Waals surface area (Å²) >= 11 is 3.42. The first kappa shape index (κ1) is 9.15. The van der Waals surface area contributed by atoms with Crippen LogP contribution in [-0.4, -0.2) is 27.5 Å². The lowest BCUT2D eigenvalue weighted by Crippen LogP contribution is -2.21. The minimum atomic E-state index is 0.646. The highest BCUT2D eigenvalue weighted by Crippen LogP contribution is 2.31. The number of aromatic nitrogens is 3. The van der Waals surface area contributed by atoms with Crippen molar-refractivity contribution in [3.05, 3.63) is 23.2 Å². The van der Waals surface area contributed by atoms with Crippen LogP contribution in [0.5, 0.6) is 0 Å². The van der Waals surface area contributed by atoms with Crippen molar-refractivity contribution < 1.29 is 0 Å². The van der Waals surface area contributed by atoms with Gasteiger partial charge >= 0.3 is 0 Å². The summed E-state index contributed by atoms with van der Waals surface area (Å²) < 4.78 is 2.83. The fraction of sp³-hybridized carbons (Fsp3) is 0.400. The number of hydrogen-bond donors (Lipinski definition) is 0. The van der Waals surface area contributed by atoms with Gasteiger partial charge in [0, 0.05) is 31.7 Å². The molecule has 2 heterocycles. The summed E-state index contributed by atoms with van der Waals surface area (Å²) in [7, 11) is 2.08. The van der Waals surface area contributed by atoms with Crippen LogP contribution < -0.4 is 4.90 Å². The van der Waals surface area contributed by atoms with Crippen LogP contribution in [0.3, 0.4) is 0 Å². The predicted octanol–water partition coefficient (Wildman–Crippen LogP) is 2.09. The van der Waals surface area contributed by atoms with E-state index in [4.69, 9.17) is 0 Å². The smallest absolute Gasteiger partial charge is 0.180 e.